The van der Waals surface area contributed by atoms with Crippen LogP contribution in [-0.4, -0.2) is 42.6 Å². The van der Waals surface area contributed by atoms with Gasteiger partial charge in [-0.05, 0) is 25.9 Å². The second-order valence-electron chi connectivity index (χ2n) is 14.0. The third kappa shape index (κ3) is 28.4. The summed E-state index contributed by atoms with van der Waals surface area (Å²) in [5, 5.41) is 0. The summed E-state index contributed by atoms with van der Waals surface area (Å²) in [6.07, 6.45) is 46.9. The van der Waals surface area contributed by atoms with Crippen LogP contribution in [0.25, 0.3) is 0 Å². The number of nitrogens with zero attached hydrogens (tertiary/aromatic N) is 2. The minimum atomic E-state index is 1.25. The number of unbranched alkanes of at least 4 members (excludes halogenated alkanes) is 30. The van der Waals surface area contributed by atoms with E-state index in [1.165, 1.54) is 238 Å². The zero-order valence-electron chi connectivity index (χ0n) is 29.1. The Labute approximate surface area is 261 Å². The maximum atomic E-state index is 2.72. The molecule has 1 aliphatic rings. The van der Waals surface area contributed by atoms with E-state index in [2.05, 4.69) is 23.6 Å². The van der Waals surface area contributed by atoms with Crippen LogP contribution in [0.5, 0.6) is 0 Å². The molecule has 1 heterocycles. The smallest absolute Gasteiger partial charge is 0.0507 e. The van der Waals surface area contributed by atoms with Crippen molar-refractivity contribution in [2.75, 3.05) is 32.8 Å². The molecule has 0 saturated carbocycles. The van der Waals surface area contributed by atoms with E-state index in [4.69, 9.17) is 0 Å². The largest absolute Gasteiger partial charge is 0.289 e. The second kappa shape index (κ2) is 32.8. The zero-order chi connectivity index (χ0) is 29.3. The third-order valence-corrected chi connectivity index (χ3v) is 9.79. The SMILES string of the molecule is CCCCCCCCCCCCCCCCCCN1CCN(CCCCCCCCCCCCCCCCCC)C1. The molecule has 0 radical (unpaired) electrons. The van der Waals surface area contributed by atoms with Gasteiger partial charge in [0.05, 0.1) is 6.67 Å². The van der Waals surface area contributed by atoms with Crippen molar-refractivity contribution in [1.29, 1.82) is 0 Å². The van der Waals surface area contributed by atoms with Crippen LogP contribution >= 0.6 is 0 Å². The normalized spacial score (nSPS) is 14.5. The van der Waals surface area contributed by atoms with Gasteiger partial charge in [-0.1, -0.05) is 206 Å². The van der Waals surface area contributed by atoms with Gasteiger partial charge < -0.3 is 0 Å². The van der Waals surface area contributed by atoms with E-state index in [0.29, 0.717) is 0 Å². The Bertz CT molecular complexity index is 436. The molecule has 0 atom stereocenters. The first-order chi connectivity index (χ1) is 20.4. The van der Waals surface area contributed by atoms with Gasteiger partial charge in [0.2, 0.25) is 0 Å². The van der Waals surface area contributed by atoms with Gasteiger partial charge in [-0.25, -0.2) is 0 Å². The lowest BCUT2D eigenvalue weighted by Crippen LogP contribution is -2.27. The summed E-state index contributed by atoms with van der Waals surface area (Å²) >= 11 is 0. The van der Waals surface area contributed by atoms with Crippen LogP contribution in [0, 0.1) is 0 Å². The van der Waals surface area contributed by atoms with Crippen molar-refractivity contribution in [2.24, 2.45) is 0 Å². The van der Waals surface area contributed by atoms with Gasteiger partial charge >= 0.3 is 0 Å². The van der Waals surface area contributed by atoms with Crippen LogP contribution in [-0.2, 0) is 0 Å². The molecule has 0 aliphatic carbocycles. The standard InChI is InChI=1S/C39H80N2/c1-3-5-7-9-11-13-15-17-19-21-23-25-27-29-31-33-35-40-37-38-41(39-40)36-34-32-30-28-26-24-22-20-18-16-14-12-10-8-6-4-2/h3-39H2,1-2H3. The number of hydrogen-bond donors (Lipinski definition) is 0. The fraction of sp³-hybridized carbons (Fsp3) is 1.00. The molecule has 1 aliphatic heterocycles. The van der Waals surface area contributed by atoms with Crippen molar-refractivity contribution in [3.05, 3.63) is 0 Å². The summed E-state index contributed by atoms with van der Waals surface area (Å²) in [4.78, 5) is 5.44. The Hall–Kier alpha value is -0.0800. The van der Waals surface area contributed by atoms with Crippen LogP contribution in [0.15, 0.2) is 0 Å². The van der Waals surface area contributed by atoms with E-state index in [0.717, 1.165) is 0 Å². The molecule has 1 saturated heterocycles. The molecular formula is C39H80N2. The van der Waals surface area contributed by atoms with Gasteiger partial charge in [0.1, 0.15) is 0 Å². The lowest BCUT2D eigenvalue weighted by atomic mass is 10.0. The van der Waals surface area contributed by atoms with Crippen molar-refractivity contribution < 1.29 is 0 Å². The maximum absolute atomic E-state index is 2.72. The van der Waals surface area contributed by atoms with Gasteiger partial charge in [-0.2, -0.15) is 0 Å². The Morgan fingerprint density at radius 1 is 0.268 bits per heavy atom. The van der Waals surface area contributed by atoms with E-state index in [-0.39, 0.29) is 0 Å². The van der Waals surface area contributed by atoms with Crippen LogP contribution in [0.4, 0.5) is 0 Å². The predicted molar refractivity (Wildman–Crippen MR) is 187 cm³/mol. The Morgan fingerprint density at radius 2 is 0.463 bits per heavy atom. The van der Waals surface area contributed by atoms with Gasteiger partial charge in [0, 0.05) is 13.1 Å². The number of rotatable bonds is 34. The first kappa shape index (κ1) is 38.9. The molecule has 0 N–H and O–H groups in total. The average molecular weight is 577 g/mol. The quantitative estimate of drug-likeness (QED) is 0.0703. The molecule has 41 heavy (non-hydrogen) atoms. The molecular weight excluding hydrogens is 496 g/mol. The molecule has 2 nitrogen and oxygen atoms in total. The lowest BCUT2D eigenvalue weighted by molar-refractivity contribution is 0.238. The minimum absolute atomic E-state index is 1.25. The van der Waals surface area contributed by atoms with Gasteiger partial charge in [0.15, 0.2) is 0 Å². The molecule has 0 aromatic rings. The van der Waals surface area contributed by atoms with Crippen molar-refractivity contribution in [3.63, 3.8) is 0 Å². The maximum Gasteiger partial charge on any atom is 0.0507 e. The van der Waals surface area contributed by atoms with E-state index in [1.807, 2.05) is 0 Å². The monoisotopic (exact) mass is 577 g/mol. The number of hydrogen-bond acceptors (Lipinski definition) is 2. The van der Waals surface area contributed by atoms with Crippen LogP contribution in [0.1, 0.15) is 219 Å². The fourth-order valence-corrected chi connectivity index (χ4v) is 6.84. The molecule has 2 heteroatoms. The Balaban J connectivity index is 1.73. The van der Waals surface area contributed by atoms with E-state index in [9.17, 15) is 0 Å². The molecule has 0 aromatic carbocycles. The van der Waals surface area contributed by atoms with Crippen molar-refractivity contribution in [2.45, 2.75) is 219 Å². The summed E-state index contributed by atoms with van der Waals surface area (Å²) in [6, 6.07) is 0. The van der Waals surface area contributed by atoms with Crippen LogP contribution in [0.3, 0.4) is 0 Å². The van der Waals surface area contributed by atoms with Gasteiger partial charge in [0.25, 0.3) is 0 Å². The van der Waals surface area contributed by atoms with E-state index >= 15 is 0 Å². The van der Waals surface area contributed by atoms with Gasteiger partial charge in [-0.15, -0.1) is 0 Å². The van der Waals surface area contributed by atoms with Crippen molar-refractivity contribution in [3.8, 4) is 0 Å². The highest BCUT2D eigenvalue weighted by Crippen LogP contribution is 2.16. The average Bonchev–Trinajstić information content (AvgIpc) is 3.44. The van der Waals surface area contributed by atoms with Crippen LogP contribution in [0.2, 0.25) is 0 Å². The zero-order valence-corrected chi connectivity index (χ0v) is 29.1. The molecule has 0 bridgehead atoms. The summed E-state index contributed by atoms with van der Waals surface area (Å²) in [6.45, 7) is 11.2. The van der Waals surface area contributed by atoms with E-state index in [1.54, 1.807) is 0 Å². The molecule has 1 fully saturated rings. The molecule has 1 rings (SSSR count). The van der Waals surface area contributed by atoms with E-state index < -0.39 is 0 Å². The van der Waals surface area contributed by atoms with Crippen molar-refractivity contribution in [1.82, 2.24) is 9.80 Å². The minimum Gasteiger partial charge on any atom is -0.289 e. The Kier molecular flexibility index (Phi) is 31.2. The molecule has 246 valence electrons. The summed E-state index contributed by atoms with van der Waals surface area (Å²) < 4.78 is 0. The molecule has 0 aromatic heterocycles. The summed E-state index contributed by atoms with van der Waals surface area (Å²) in [5.41, 5.74) is 0. The second-order valence-corrected chi connectivity index (χ2v) is 14.0. The topological polar surface area (TPSA) is 6.48 Å². The fourth-order valence-electron chi connectivity index (χ4n) is 6.84. The highest BCUT2D eigenvalue weighted by Gasteiger charge is 2.18. The van der Waals surface area contributed by atoms with Crippen molar-refractivity contribution >= 4 is 0 Å². The first-order valence-electron chi connectivity index (χ1n) is 19.8. The third-order valence-electron chi connectivity index (χ3n) is 9.79. The lowest BCUT2D eigenvalue weighted by Gasteiger charge is -2.18. The molecule has 0 amide bonds. The van der Waals surface area contributed by atoms with Crippen LogP contribution < -0.4 is 0 Å². The van der Waals surface area contributed by atoms with Gasteiger partial charge in [-0.3, -0.25) is 9.80 Å². The summed E-state index contributed by atoms with van der Waals surface area (Å²) in [7, 11) is 0. The molecule has 0 unspecified atom stereocenters. The highest BCUT2D eigenvalue weighted by atomic mass is 15.4. The first-order valence-corrected chi connectivity index (χ1v) is 19.8. The predicted octanol–water partition coefficient (Wildman–Crippen LogP) is 13.1. The molecule has 0 spiro atoms. The Morgan fingerprint density at radius 3 is 0.683 bits per heavy atom. The summed E-state index contributed by atoms with van der Waals surface area (Å²) in [5.74, 6) is 0. The highest BCUT2D eigenvalue weighted by molar-refractivity contribution is 4.71.